The molecule has 0 aliphatic heterocycles. The second kappa shape index (κ2) is 8.09. The lowest BCUT2D eigenvalue weighted by Crippen LogP contribution is -2.25. The molecule has 0 saturated carbocycles. The van der Waals surface area contributed by atoms with Crippen molar-refractivity contribution in [3.63, 3.8) is 0 Å². The lowest BCUT2D eigenvalue weighted by molar-refractivity contribution is 0.390. The number of nitrogens with two attached hydrogens (primary N) is 1. The molecule has 0 radical (unpaired) electrons. The van der Waals surface area contributed by atoms with Crippen LogP contribution in [-0.2, 0) is 16.6 Å². The Balaban J connectivity index is 1.93. The molecule has 1 aromatic heterocycles. The molecule has 0 aliphatic rings. The van der Waals surface area contributed by atoms with Crippen LogP contribution in [0.2, 0.25) is 5.02 Å². The third-order valence-corrected chi connectivity index (χ3v) is 5.64. The normalized spacial score (nSPS) is 11.4. The van der Waals surface area contributed by atoms with Crippen molar-refractivity contribution < 1.29 is 17.9 Å². The first-order valence-electron chi connectivity index (χ1n) is 8.14. The molecule has 2 aromatic carbocycles. The fourth-order valence-electron chi connectivity index (χ4n) is 2.62. The standard InChI is InChI=1S/C18H19ClN4O4S/c1-26-15-5-3-12(17(8-15)27-2)9-22-28(24,25)18-7-14(20)4-6-16(18)23-11-13(19)10-21-23/h3-8,10-11,22H,9,20H2,1-2H3. The number of sulfonamides is 1. The van der Waals surface area contributed by atoms with Crippen LogP contribution in [0.25, 0.3) is 5.69 Å². The highest BCUT2D eigenvalue weighted by Crippen LogP contribution is 2.27. The number of methoxy groups -OCH3 is 2. The summed E-state index contributed by atoms with van der Waals surface area (Å²) in [7, 11) is -0.866. The van der Waals surface area contributed by atoms with Crippen LogP contribution in [0.5, 0.6) is 11.5 Å². The second-order valence-corrected chi connectivity index (χ2v) is 8.00. The van der Waals surface area contributed by atoms with E-state index in [2.05, 4.69) is 9.82 Å². The van der Waals surface area contributed by atoms with E-state index in [9.17, 15) is 8.42 Å². The summed E-state index contributed by atoms with van der Waals surface area (Å²) in [5.74, 6) is 1.12. The molecule has 3 aromatic rings. The zero-order valence-corrected chi connectivity index (χ0v) is 16.8. The van der Waals surface area contributed by atoms with E-state index in [0.717, 1.165) is 0 Å². The zero-order valence-electron chi connectivity index (χ0n) is 15.2. The minimum atomic E-state index is -3.91. The number of benzene rings is 2. The van der Waals surface area contributed by atoms with Crippen LogP contribution in [0.15, 0.2) is 53.7 Å². The first-order valence-corrected chi connectivity index (χ1v) is 10.0. The van der Waals surface area contributed by atoms with E-state index in [-0.39, 0.29) is 11.4 Å². The van der Waals surface area contributed by atoms with Crippen LogP contribution >= 0.6 is 11.6 Å². The maximum absolute atomic E-state index is 13.0. The summed E-state index contributed by atoms with van der Waals surface area (Å²) in [6, 6.07) is 9.68. The van der Waals surface area contributed by atoms with Crippen LogP contribution in [0.4, 0.5) is 5.69 Å². The van der Waals surface area contributed by atoms with Crippen molar-refractivity contribution in [1.82, 2.24) is 14.5 Å². The Hall–Kier alpha value is -2.75. The van der Waals surface area contributed by atoms with Crippen molar-refractivity contribution in [2.24, 2.45) is 0 Å². The van der Waals surface area contributed by atoms with Gasteiger partial charge >= 0.3 is 0 Å². The highest BCUT2D eigenvalue weighted by Gasteiger charge is 2.21. The molecule has 0 unspecified atom stereocenters. The van der Waals surface area contributed by atoms with E-state index in [1.54, 1.807) is 37.4 Å². The van der Waals surface area contributed by atoms with Gasteiger partial charge in [-0.25, -0.2) is 17.8 Å². The third kappa shape index (κ3) is 4.22. The van der Waals surface area contributed by atoms with Crippen LogP contribution < -0.4 is 19.9 Å². The Morgan fingerprint density at radius 1 is 1.18 bits per heavy atom. The van der Waals surface area contributed by atoms with E-state index in [0.29, 0.717) is 33.5 Å². The molecule has 0 amide bonds. The second-order valence-electron chi connectivity index (χ2n) is 5.83. The van der Waals surface area contributed by atoms with Gasteiger partial charge in [-0.15, -0.1) is 0 Å². The smallest absolute Gasteiger partial charge is 0.243 e. The van der Waals surface area contributed by atoms with E-state index in [4.69, 9.17) is 26.8 Å². The largest absolute Gasteiger partial charge is 0.497 e. The van der Waals surface area contributed by atoms with Gasteiger partial charge in [-0.2, -0.15) is 5.10 Å². The van der Waals surface area contributed by atoms with Gasteiger partial charge in [0.15, 0.2) is 0 Å². The topological polar surface area (TPSA) is 108 Å². The van der Waals surface area contributed by atoms with Gasteiger partial charge in [-0.1, -0.05) is 17.7 Å². The average molecular weight is 423 g/mol. The number of nitrogens with zero attached hydrogens (tertiary/aromatic N) is 2. The zero-order chi connectivity index (χ0) is 20.3. The van der Waals surface area contributed by atoms with Crippen LogP contribution in [-0.4, -0.2) is 32.4 Å². The maximum Gasteiger partial charge on any atom is 0.243 e. The van der Waals surface area contributed by atoms with E-state index in [1.807, 2.05) is 0 Å². The molecule has 28 heavy (non-hydrogen) atoms. The van der Waals surface area contributed by atoms with Gasteiger partial charge < -0.3 is 15.2 Å². The molecule has 10 heteroatoms. The number of rotatable bonds is 7. The molecule has 1 heterocycles. The Labute approximate surface area is 167 Å². The highest BCUT2D eigenvalue weighted by atomic mass is 35.5. The molecule has 0 bridgehead atoms. The number of aromatic nitrogens is 2. The van der Waals surface area contributed by atoms with Crippen molar-refractivity contribution in [2.45, 2.75) is 11.4 Å². The average Bonchev–Trinajstić information content (AvgIpc) is 3.12. The number of hydrogen-bond acceptors (Lipinski definition) is 6. The number of halogens is 1. The van der Waals surface area contributed by atoms with Crippen molar-refractivity contribution >= 4 is 27.3 Å². The van der Waals surface area contributed by atoms with Crippen LogP contribution in [0.3, 0.4) is 0 Å². The summed E-state index contributed by atoms with van der Waals surface area (Å²) in [6.07, 6.45) is 2.93. The quantitative estimate of drug-likeness (QED) is 0.566. The summed E-state index contributed by atoms with van der Waals surface area (Å²) in [5, 5.41) is 4.46. The first kappa shape index (κ1) is 20.0. The van der Waals surface area contributed by atoms with E-state index >= 15 is 0 Å². The van der Waals surface area contributed by atoms with Gasteiger partial charge in [0, 0.05) is 30.1 Å². The Morgan fingerprint density at radius 2 is 1.96 bits per heavy atom. The summed E-state index contributed by atoms with van der Waals surface area (Å²) in [4.78, 5) is -0.0141. The summed E-state index contributed by atoms with van der Waals surface area (Å²) in [6.45, 7) is 0.0175. The molecule has 0 atom stereocenters. The number of nitrogen functional groups attached to an aromatic ring is 1. The predicted molar refractivity (Wildman–Crippen MR) is 107 cm³/mol. The summed E-state index contributed by atoms with van der Waals surface area (Å²) in [5.41, 5.74) is 7.10. The first-order chi connectivity index (χ1) is 13.3. The molecule has 3 N–H and O–H groups in total. The molecule has 8 nitrogen and oxygen atoms in total. The Bertz CT molecular complexity index is 1100. The van der Waals surface area contributed by atoms with Gasteiger partial charge in [0.1, 0.15) is 16.4 Å². The molecule has 0 spiro atoms. The monoisotopic (exact) mass is 422 g/mol. The van der Waals surface area contributed by atoms with E-state index in [1.165, 1.54) is 30.3 Å². The molecular formula is C18H19ClN4O4S. The third-order valence-electron chi connectivity index (χ3n) is 4.02. The Kier molecular flexibility index (Phi) is 5.78. The molecular weight excluding hydrogens is 404 g/mol. The van der Waals surface area contributed by atoms with E-state index < -0.39 is 10.0 Å². The molecule has 0 saturated heterocycles. The number of hydrogen-bond donors (Lipinski definition) is 2. The fourth-order valence-corrected chi connectivity index (χ4v) is 3.98. The fraction of sp³-hybridized carbons (Fsp3) is 0.167. The number of ether oxygens (including phenoxy) is 2. The molecule has 0 aliphatic carbocycles. The van der Waals surface area contributed by atoms with Gasteiger partial charge in [0.25, 0.3) is 0 Å². The lowest BCUT2D eigenvalue weighted by atomic mass is 10.2. The Morgan fingerprint density at radius 3 is 2.61 bits per heavy atom. The summed E-state index contributed by atoms with van der Waals surface area (Å²) < 4.78 is 40.4. The molecule has 0 fully saturated rings. The maximum atomic E-state index is 13.0. The SMILES string of the molecule is COc1ccc(CNS(=O)(=O)c2cc(N)ccc2-n2cc(Cl)cn2)c(OC)c1. The number of nitrogens with one attached hydrogen (secondary N) is 1. The van der Waals surface area contributed by atoms with Crippen molar-refractivity contribution in [3.8, 4) is 17.2 Å². The number of anilines is 1. The lowest BCUT2D eigenvalue weighted by Gasteiger charge is -2.14. The van der Waals surface area contributed by atoms with Gasteiger partial charge in [0.2, 0.25) is 10.0 Å². The van der Waals surface area contributed by atoms with Crippen LogP contribution in [0, 0.1) is 0 Å². The molecule has 148 valence electrons. The minimum Gasteiger partial charge on any atom is -0.497 e. The van der Waals surface area contributed by atoms with Crippen LogP contribution in [0.1, 0.15) is 5.56 Å². The van der Waals surface area contributed by atoms with Crippen molar-refractivity contribution in [1.29, 1.82) is 0 Å². The van der Waals surface area contributed by atoms with Gasteiger partial charge in [0.05, 0.1) is 31.1 Å². The minimum absolute atomic E-state index is 0.0141. The molecule has 3 rings (SSSR count). The summed E-state index contributed by atoms with van der Waals surface area (Å²) >= 11 is 5.91. The van der Waals surface area contributed by atoms with Crippen molar-refractivity contribution in [3.05, 3.63) is 59.4 Å². The van der Waals surface area contributed by atoms with Gasteiger partial charge in [-0.3, -0.25) is 0 Å². The van der Waals surface area contributed by atoms with Crippen molar-refractivity contribution in [2.75, 3.05) is 20.0 Å². The predicted octanol–water partition coefficient (Wildman–Crippen LogP) is 2.60. The van der Waals surface area contributed by atoms with Gasteiger partial charge in [-0.05, 0) is 24.3 Å². The highest BCUT2D eigenvalue weighted by molar-refractivity contribution is 7.89.